The summed E-state index contributed by atoms with van der Waals surface area (Å²) in [5.74, 6) is -0.0766. The van der Waals surface area contributed by atoms with Crippen LogP contribution in [0.3, 0.4) is 0 Å². The van der Waals surface area contributed by atoms with Gasteiger partial charge < -0.3 is 15.0 Å². The standard InChI is InChI=1S/C20H25ClN4O3/c1-20(2,3)28-19(27)22-11-14-6-4-5-9-25(14)18(26)13-7-8-15-16(10-13)23-12-24-17(15)21/h7-8,10,12,14H,4-6,9,11H2,1-3H3,(H,22,27). The van der Waals surface area contributed by atoms with E-state index in [-0.39, 0.29) is 11.9 Å². The molecule has 1 N–H and O–H groups in total. The minimum atomic E-state index is -0.555. The van der Waals surface area contributed by atoms with Crippen molar-refractivity contribution in [2.24, 2.45) is 0 Å². The molecular formula is C20H25ClN4O3. The highest BCUT2D eigenvalue weighted by Gasteiger charge is 2.28. The van der Waals surface area contributed by atoms with Crippen molar-refractivity contribution in [1.82, 2.24) is 20.2 Å². The van der Waals surface area contributed by atoms with Crippen LogP contribution in [0.2, 0.25) is 5.15 Å². The molecule has 2 aromatic rings. The van der Waals surface area contributed by atoms with Gasteiger partial charge >= 0.3 is 6.09 Å². The number of nitrogens with zero attached hydrogens (tertiary/aromatic N) is 3. The number of aromatic nitrogens is 2. The van der Waals surface area contributed by atoms with Crippen LogP contribution in [0.15, 0.2) is 24.5 Å². The summed E-state index contributed by atoms with van der Waals surface area (Å²) in [4.78, 5) is 35.1. The number of benzene rings is 1. The summed E-state index contributed by atoms with van der Waals surface area (Å²) in [5.41, 5.74) is 0.623. The summed E-state index contributed by atoms with van der Waals surface area (Å²) in [5, 5.41) is 3.86. The van der Waals surface area contributed by atoms with E-state index in [0.717, 1.165) is 19.3 Å². The number of likely N-dealkylation sites (tertiary alicyclic amines) is 1. The molecule has 150 valence electrons. The SMILES string of the molecule is CC(C)(C)OC(=O)NCC1CCCCN1C(=O)c1ccc2c(Cl)ncnc2c1. The molecule has 2 heterocycles. The third kappa shape index (κ3) is 4.90. The first-order chi connectivity index (χ1) is 13.2. The second-order valence-electron chi connectivity index (χ2n) is 7.93. The highest BCUT2D eigenvalue weighted by atomic mass is 35.5. The van der Waals surface area contributed by atoms with Gasteiger partial charge in [-0.05, 0) is 58.2 Å². The van der Waals surface area contributed by atoms with E-state index in [1.54, 1.807) is 18.2 Å². The van der Waals surface area contributed by atoms with Gasteiger partial charge in [-0.1, -0.05) is 11.6 Å². The lowest BCUT2D eigenvalue weighted by molar-refractivity contribution is 0.0462. The van der Waals surface area contributed by atoms with Crippen LogP contribution in [0.1, 0.15) is 50.4 Å². The molecule has 28 heavy (non-hydrogen) atoms. The number of fused-ring (bicyclic) bond motifs is 1. The molecule has 0 saturated carbocycles. The number of hydrogen-bond acceptors (Lipinski definition) is 5. The Bertz CT molecular complexity index is 881. The zero-order chi connectivity index (χ0) is 20.3. The number of carbonyl (C=O) groups excluding carboxylic acids is 2. The number of piperidine rings is 1. The van der Waals surface area contributed by atoms with Gasteiger partial charge in [-0.25, -0.2) is 14.8 Å². The number of rotatable bonds is 3. The van der Waals surface area contributed by atoms with Gasteiger partial charge in [0.25, 0.3) is 5.91 Å². The first-order valence-electron chi connectivity index (χ1n) is 9.43. The predicted molar refractivity (Wildman–Crippen MR) is 107 cm³/mol. The Labute approximate surface area is 169 Å². The van der Waals surface area contributed by atoms with Crippen molar-refractivity contribution in [3.63, 3.8) is 0 Å². The van der Waals surface area contributed by atoms with Crippen LogP contribution in [0.5, 0.6) is 0 Å². The maximum absolute atomic E-state index is 13.1. The van der Waals surface area contributed by atoms with Gasteiger partial charge in [0.2, 0.25) is 0 Å². The average molecular weight is 405 g/mol. The molecule has 0 bridgehead atoms. The van der Waals surface area contributed by atoms with Crippen LogP contribution in [-0.2, 0) is 4.74 Å². The number of nitrogens with one attached hydrogen (secondary N) is 1. The van der Waals surface area contributed by atoms with Crippen LogP contribution in [0.25, 0.3) is 10.9 Å². The van der Waals surface area contributed by atoms with E-state index in [1.807, 2.05) is 25.7 Å². The average Bonchev–Trinajstić information content (AvgIpc) is 2.64. The van der Waals surface area contributed by atoms with E-state index >= 15 is 0 Å². The third-order valence-electron chi connectivity index (χ3n) is 4.60. The molecule has 2 amide bonds. The smallest absolute Gasteiger partial charge is 0.407 e. The highest BCUT2D eigenvalue weighted by molar-refractivity contribution is 6.34. The number of ether oxygens (including phenoxy) is 1. The molecule has 1 aliphatic heterocycles. The third-order valence-corrected chi connectivity index (χ3v) is 4.90. The van der Waals surface area contributed by atoms with Crippen molar-refractivity contribution < 1.29 is 14.3 Å². The predicted octanol–water partition coefficient (Wildman–Crippen LogP) is 3.80. The van der Waals surface area contributed by atoms with E-state index in [4.69, 9.17) is 16.3 Å². The molecule has 1 atom stereocenters. The van der Waals surface area contributed by atoms with Crippen LogP contribution in [-0.4, -0.2) is 51.6 Å². The fourth-order valence-corrected chi connectivity index (χ4v) is 3.52. The molecule has 1 fully saturated rings. The molecule has 1 aromatic carbocycles. The second-order valence-corrected chi connectivity index (χ2v) is 8.29. The second kappa shape index (κ2) is 8.31. The Balaban J connectivity index is 1.72. The molecular weight excluding hydrogens is 380 g/mol. The fraction of sp³-hybridized carbons (Fsp3) is 0.500. The lowest BCUT2D eigenvalue weighted by Gasteiger charge is -2.36. The quantitative estimate of drug-likeness (QED) is 0.786. The van der Waals surface area contributed by atoms with Crippen LogP contribution in [0, 0.1) is 0 Å². The maximum Gasteiger partial charge on any atom is 0.407 e. The van der Waals surface area contributed by atoms with Gasteiger partial charge in [0.1, 0.15) is 17.1 Å². The molecule has 1 unspecified atom stereocenters. The molecule has 1 aromatic heterocycles. The van der Waals surface area contributed by atoms with Gasteiger partial charge in [0.15, 0.2) is 0 Å². The minimum absolute atomic E-state index is 0.0709. The monoisotopic (exact) mass is 404 g/mol. The normalized spacial score (nSPS) is 17.4. The molecule has 0 radical (unpaired) electrons. The van der Waals surface area contributed by atoms with Crippen molar-refractivity contribution in [3.8, 4) is 0 Å². The molecule has 7 nitrogen and oxygen atoms in total. The molecule has 1 saturated heterocycles. The molecule has 1 aliphatic rings. The van der Waals surface area contributed by atoms with E-state index in [0.29, 0.717) is 34.7 Å². The van der Waals surface area contributed by atoms with Gasteiger partial charge in [-0.15, -0.1) is 0 Å². The number of hydrogen-bond donors (Lipinski definition) is 1. The minimum Gasteiger partial charge on any atom is -0.444 e. The Morgan fingerprint density at radius 3 is 2.82 bits per heavy atom. The van der Waals surface area contributed by atoms with E-state index in [9.17, 15) is 9.59 Å². The van der Waals surface area contributed by atoms with Crippen LogP contribution >= 0.6 is 11.6 Å². The van der Waals surface area contributed by atoms with E-state index < -0.39 is 11.7 Å². The summed E-state index contributed by atoms with van der Waals surface area (Å²) in [7, 11) is 0. The Kier molecular flexibility index (Phi) is 6.03. The Morgan fingerprint density at radius 2 is 2.07 bits per heavy atom. The Hall–Kier alpha value is -2.41. The van der Waals surface area contributed by atoms with Gasteiger partial charge in [-0.2, -0.15) is 0 Å². The van der Waals surface area contributed by atoms with Crippen molar-refractivity contribution in [1.29, 1.82) is 0 Å². The highest BCUT2D eigenvalue weighted by Crippen LogP contribution is 2.23. The van der Waals surface area contributed by atoms with Gasteiger partial charge in [0, 0.05) is 30.1 Å². The summed E-state index contributed by atoms with van der Waals surface area (Å²) >= 11 is 6.08. The number of amides is 2. The van der Waals surface area contributed by atoms with Crippen LogP contribution in [0.4, 0.5) is 4.79 Å². The zero-order valence-corrected chi connectivity index (χ0v) is 17.1. The zero-order valence-electron chi connectivity index (χ0n) is 16.4. The maximum atomic E-state index is 13.1. The van der Waals surface area contributed by atoms with Gasteiger partial charge in [-0.3, -0.25) is 4.79 Å². The topological polar surface area (TPSA) is 84.4 Å². The van der Waals surface area contributed by atoms with Crippen LogP contribution < -0.4 is 5.32 Å². The lowest BCUT2D eigenvalue weighted by atomic mass is 10.0. The molecule has 3 rings (SSSR count). The van der Waals surface area contributed by atoms with Gasteiger partial charge in [0.05, 0.1) is 5.52 Å². The van der Waals surface area contributed by atoms with Crippen molar-refractivity contribution in [3.05, 3.63) is 35.2 Å². The first kappa shape index (κ1) is 20.3. The summed E-state index contributed by atoms with van der Waals surface area (Å²) in [6.45, 7) is 6.47. The van der Waals surface area contributed by atoms with E-state index in [2.05, 4.69) is 15.3 Å². The number of halogens is 1. The molecule has 8 heteroatoms. The summed E-state index contributed by atoms with van der Waals surface area (Å²) in [6.07, 6.45) is 3.71. The Morgan fingerprint density at radius 1 is 1.29 bits per heavy atom. The summed E-state index contributed by atoms with van der Waals surface area (Å²) in [6, 6.07) is 5.17. The van der Waals surface area contributed by atoms with E-state index in [1.165, 1.54) is 6.33 Å². The number of alkyl carbamates (subject to hydrolysis) is 1. The first-order valence-corrected chi connectivity index (χ1v) is 9.80. The number of carbonyl (C=O) groups is 2. The molecule has 0 aliphatic carbocycles. The largest absolute Gasteiger partial charge is 0.444 e. The van der Waals surface area contributed by atoms with Crippen molar-refractivity contribution in [2.45, 2.75) is 51.7 Å². The lowest BCUT2D eigenvalue weighted by Crippen LogP contribution is -2.50. The van der Waals surface area contributed by atoms with Crippen molar-refractivity contribution >= 4 is 34.5 Å². The fourth-order valence-electron chi connectivity index (χ4n) is 3.32. The van der Waals surface area contributed by atoms with Crippen molar-refractivity contribution in [2.75, 3.05) is 13.1 Å². The molecule has 0 spiro atoms. The summed E-state index contributed by atoms with van der Waals surface area (Å²) < 4.78 is 5.29.